The molecular weight excluding hydrogens is 324 g/mol. The van der Waals surface area contributed by atoms with E-state index in [1.165, 1.54) is 4.31 Å². The smallest absolute Gasteiger partial charge is 0.261 e. The number of nitrogens with zero attached hydrogens (tertiary/aromatic N) is 3. The van der Waals surface area contributed by atoms with Gasteiger partial charge in [-0.3, -0.25) is 4.98 Å². The lowest BCUT2D eigenvalue weighted by Crippen LogP contribution is -2.46. The highest BCUT2D eigenvalue weighted by atomic mass is 32.2. The number of piperidine rings is 1. The number of aromatic nitrogens is 1. The first-order chi connectivity index (χ1) is 10.8. The second-order valence-corrected chi connectivity index (χ2v) is 8.25. The Kier molecular flexibility index (Phi) is 4.41. The van der Waals surface area contributed by atoms with E-state index in [1.54, 1.807) is 6.20 Å². The summed E-state index contributed by atoms with van der Waals surface area (Å²) in [7, 11) is -3.78. The van der Waals surface area contributed by atoms with E-state index in [1.807, 2.05) is 19.1 Å². The van der Waals surface area contributed by atoms with Crippen molar-refractivity contribution in [3.8, 4) is 0 Å². The zero-order valence-electron chi connectivity index (χ0n) is 13.1. The summed E-state index contributed by atoms with van der Waals surface area (Å²) in [5.41, 5.74) is 2.12. The van der Waals surface area contributed by atoms with Gasteiger partial charge in [-0.2, -0.15) is 17.0 Å². The maximum Gasteiger partial charge on any atom is 0.282 e. The maximum absolute atomic E-state index is 13.3. The van der Waals surface area contributed by atoms with Gasteiger partial charge in [0.05, 0.1) is 6.54 Å². The summed E-state index contributed by atoms with van der Waals surface area (Å²) < 4.78 is 53.8. The fourth-order valence-electron chi connectivity index (χ4n) is 3.35. The van der Waals surface area contributed by atoms with Gasteiger partial charge in [-0.15, -0.1) is 0 Å². The first kappa shape index (κ1) is 16.7. The maximum atomic E-state index is 13.3. The fourth-order valence-corrected chi connectivity index (χ4v) is 5.02. The zero-order chi connectivity index (χ0) is 16.7. The first-order valence-corrected chi connectivity index (χ1v) is 9.24. The molecule has 0 bridgehead atoms. The van der Waals surface area contributed by atoms with Crippen LogP contribution in [0.3, 0.4) is 0 Å². The van der Waals surface area contributed by atoms with Gasteiger partial charge in [-0.25, -0.2) is 8.78 Å². The third-order valence-electron chi connectivity index (χ3n) is 4.68. The number of aryl methyl sites for hydroxylation is 1. The molecule has 2 saturated heterocycles. The third-order valence-corrected chi connectivity index (χ3v) is 6.66. The Morgan fingerprint density at radius 2 is 1.91 bits per heavy atom. The molecular formula is C15H21F2N3O2S. The van der Waals surface area contributed by atoms with Gasteiger partial charge in [0.1, 0.15) is 0 Å². The average molecular weight is 345 g/mol. The van der Waals surface area contributed by atoms with E-state index in [2.05, 4.69) is 4.98 Å². The Bertz CT molecular complexity index is 673. The van der Waals surface area contributed by atoms with E-state index in [0.717, 1.165) is 15.6 Å². The number of halogens is 2. The highest BCUT2D eigenvalue weighted by molar-refractivity contribution is 7.86. The average Bonchev–Trinajstić information content (AvgIpc) is 2.89. The van der Waals surface area contributed by atoms with E-state index >= 15 is 0 Å². The molecule has 0 atom stereocenters. The van der Waals surface area contributed by atoms with Crippen LogP contribution in [0.15, 0.2) is 18.3 Å². The summed E-state index contributed by atoms with van der Waals surface area (Å²) in [5, 5.41) is 0. The molecule has 1 aromatic rings. The molecule has 0 saturated carbocycles. The lowest BCUT2D eigenvalue weighted by atomic mass is 9.92. The van der Waals surface area contributed by atoms with Gasteiger partial charge in [-0.05, 0) is 31.4 Å². The van der Waals surface area contributed by atoms with Crippen molar-refractivity contribution >= 4 is 10.2 Å². The Morgan fingerprint density at radius 3 is 2.48 bits per heavy atom. The van der Waals surface area contributed by atoms with Crippen LogP contribution >= 0.6 is 0 Å². The summed E-state index contributed by atoms with van der Waals surface area (Å²) in [6.45, 7) is 1.90. The van der Waals surface area contributed by atoms with E-state index in [-0.39, 0.29) is 12.5 Å². The van der Waals surface area contributed by atoms with E-state index in [0.29, 0.717) is 25.9 Å². The van der Waals surface area contributed by atoms with Crippen LogP contribution in [0.25, 0.3) is 0 Å². The first-order valence-electron chi connectivity index (χ1n) is 7.84. The molecule has 23 heavy (non-hydrogen) atoms. The Hall–Kier alpha value is -1.12. The lowest BCUT2D eigenvalue weighted by molar-refractivity contribution is 0.0179. The minimum absolute atomic E-state index is 0.103. The second-order valence-electron chi connectivity index (χ2n) is 6.33. The molecule has 0 aliphatic carbocycles. The lowest BCUT2D eigenvalue weighted by Gasteiger charge is -2.33. The largest absolute Gasteiger partial charge is 0.282 e. The number of rotatable bonds is 3. The summed E-state index contributed by atoms with van der Waals surface area (Å²) in [4.78, 5) is 4.41. The van der Waals surface area contributed by atoms with Gasteiger partial charge in [-0.1, -0.05) is 6.07 Å². The molecule has 0 N–H and O–H groups in total. The monoisotopic (exact) mass is 345 g/mol. The van der Waals surface area contributed by atoms with Crippen LogP contribution in [0.4, 0.5) is 8.78 Å². The van der Waals surface area contributed by atoms with E-state index < -0.39 is 29.1 Å². The summed E-state index contributed by atoms with van der Waals surface area (Å²) in [6.07, 6.45) is 2.69. The predicted molar refractivity (Wildman–Crippen MR) is 82.6 cm³/mol. The summed E-state index contributed by atoms with van der Waals surface area (Å²) in [5.74, 6) is -2.68. The second kappa shape index (κ2) is 6.07. The molecule has 0 aromatic carbocycles. The van der Waals surface area contributed by atoms with Crippen molar-refractivity contribution in [3.05, 3.63) is 29.6 Å². The van der Waals surface area contributed by atoms with Crippen LogP contribution in [-0.2, 0) is 10.2 Å². The SMILES string of the molecule is Cc1cccnc1C1CCN(S(=O)(=O)N2CCC(F)(F)C2)CC1. The molecule has 5 nitrogen and oxygen atoms in total. The summed E-state index contributed by atoms with van der Waals surface area (Å²) in [6, 6.07) is 3.88. The number of alkyl halides is 2. The minimum Gasteiger partial charge on any atom is -0.261 e. The molecule has 2 aliphatic heterocycles. The van der Waals surface area contributed by atoms with Crippen LogP contribution in [0.2, 0.25) is 0 Å². The summed E-state index contributed by atoms with van der Waals surface area (Å²) >= 11 is 0. The number of hydrogen-bond acceptors (Lipinski definition) is 3. The minimum atomic E-state index is -3.78. The molecule has 1 aromatic heterocycles. The van der Waals surface area contributed by atoms with Crippen molar-refractivity contribution in [3.63, 3.8) is 0 Å². The highest BCUT2D eigenvalue weighted by Crippen LogP contribution is 2.33. The zero-order valence-corrected chi connectivity index (χ0v) is 13.9. The molecule has 0 radical (unpaired) electrons. The number of pyridine rings is 1. The van der Waals surface area contributed by atoms with Crippen LogP contribution in [0.5, 0.6) is 0 Å². The van der Waals surface area contributed by atoms with Gasteiger partial charge >= 0.3 is 0 Å². The van der Waals surface area contributed by atoms with Crippen LogP contribution in [0.1, 0.15) is 36.4 Å². The molecule has 128 valence electrons. The van der Waals surface area contributed by atoms with Gasteiger partial charge < -0.3 is 0 Å². The highest BCUT2D eigenvalue weighted by Gasteiger charge is 2.45. The molecule has 8 heteroatoms. The molecule has 2 fully saturated rings. The predicted octanol–water partition coefficient (Wildman–Crippen LogP) is 2.16. The van der Waals surface area contributed by atoms with Gasteiger partial charge in [0.2, 0.25) is 0 Å². The van der Waals surface area contributed by atoms with Crippen molar-refractivity contribution in [2.45, 2.75) is 38.0 Å². The van der Waals surface area contributed by atoms with Gasteiger partial charge in [0.25, 0.3) is 16.1 Å². The molecule has 2 aliphatic rings. The van der Waals surface area contributed by atoms with Crippen LogP contribution in [0, 0.1) is 6.92 Å². The molecule has 0 unspecified atom stereocenters. The molecule has 0 spiro atoms. The fraction of sp³-hybridized carbons (Fsp3) is 0.667. The van der Waals surface area contributed by atoms with Crippen LogP contribution in [-0.4, -0.2) is 54.1 Å². The molecule has 3 heterocycles. The van der Waals surface area contributed by atoms with Gasteiger partial charge in [0, 0.05) is 43.9 Å². The third kappa shape index (κ3) is 3.39. The topological polar surface area (TPSA) is 53.5 Å². The Balaban J connectivity index is 1.66. The van der Waals surface area contributed by atoms with Crippen molar-refractivity contribution in [1.82, 2.24) is 13.6 Å². The van der Waals surface area contributed by atoms with Crippen molar-refractivity contribution in [2.24, 2.45) is 0 Å². The van der Waals surface area contributed by atoms with Crippen molar-refractivity contribution < 1.29 is 17.2 Å². The standard InChI is InChI=1S/C15H21F2N3O2S/c1-12-3-2-7-18-14(12)13-4-8-19(9-5-13)23(21,22)20-10-6-15(16,17)11-20/h2-3,7,13H,4-6,8-11H2,1H3. The number of hydrogen-bond donors (Lipinski definition) is 0. The Labute approximate surface area is 135 Å². The normalized spacial score (nSPS) is 24.1. The quantitative estimate of drug-likeness (QED) is 0.843. The molecule has 3 rings (SSSR count). The van der Waals surface area contributed by atoms with Crippen molar-refractivity contribution in [2.75, 3.05) is 26.2 Å². The van der Waals surface area contributed by atoms with E-state index in [9.17, 15) is 17.2 Å². The van der Waals surface area contributed by atoms with E-state index in [4.69, 9.17) is 0 Å². The van der Waals surface area contributed by atoms with Crippen molar-refractivity contribution in [1.29, 1.82) is 0 Å². The van der Waals surface area contributed by atoms with Gasteiger partial charge in [0.15, 0.2) is 0 Å². The molecule has 0 amide bonds. The Morgan fingerprint density at radius 1 is 1.22 bits per heavy atom. The van der Waals surface area contributed by atoms with Crippen LogP contribution < -0.4 is 0 Å².